The lowest BCUT2D eigenvalue weighted by atomic mass is 10.2. The molecule has 0 saturated heterocycles. The van der Waals surface area contributed by atoms with E-state index in [9.17, 15) is 4.79 Å². The molecule has 1 aromatic carbocycles. The Morgan fingerprint density at radius 1 is 1.23 bits per heavy atom. The fourth-order valence-corrected chi connectivity index (χ4v) is 2.56. The van der Waals surface area contributed by atoms with E-state index in [1.54, 1.807) is 10.6 Å². The van der Waals surface area contributed by atoms with Crippen molar-refractivity contribution in [2.24, 2.45) is 0 Å². The highest BCUT2D eigenvalue weighted by atomic mass is 79.9. The summed E-state index contributed by atoms with van der Waals surface area (Å²) in [6.07, 6.45) is 1.82. The van der Waals surface area contributed by atoms with Gasteiger partial charge in [0.2, 0.25) is 0 Å². The van der Waals surface area contributed by atoms with Crippen LogP contribution in [0, 0.1) is 0 Å². The third-order valence-corrected chi connectivity index (χ3v) is 3.95. The van der Waals surface area contributed by atoms with Gasteiger partial charge >= 0.3 is 0 Å². The van der Waals surface area contributed by atoms with E-state index in [4.69, 9.17) is 0 Å². The smallest absolute Gasteiger partial charge is 0.256 e. The second-order valence-corrected chi connectivity index (χ2v) is 6.10. The summed E-state index contributed by atoms with van der Waals surface area (Å²) in [5.41, 5.74) is 1.86. The summed E-state index contributed by atoms with van der Waals surface area (Å²) >= 11 is 3.39. The highest BCUT2D eigenvalue weighted by Gasteiger charge is 2.14. The molecule has 112 valence electrons. The minimum Gasteiger partial charge on any atom is -0.319 e. The van der Waals surface area contributed by atoms with Gasteiger partial charge in [-0.3, -0.25) is 4.79 Å². The van der Waals surface area contributed by atoms with Gasteiger partial charge < -0.3 is 5.32 Å². The number of nitrogens with zero attached hydrogens (tertiary/aromatic N) is 3. The molecule has 6 heteroatoms. The molecule has 0 fully saturated rings. The molecule has 0 atom stereocenters. The first-order valence-corrected chi connectivity index (χ1v) is 7.76. The van der Waals surface area contributed by atoms with E-state index in [2.05, 4.69) is 31.3 Å². The van der Waals surface area contributed by atoms with Crippen LogP contribution in [0.25, 0.3) is 5.65 Å². The van der Waals surface area contributed by atoms with Crippen LogP contribution in [0.15, 0.2) is 47.1 Å². The summed E-state index contributed by atoms with van der Waals surface area (Å²) in [6.45, 7) is 4.07. The molecule has 2 heterocycles. The van der Waals surface area contributed by atoms with Gasteiger partial charge in [-0.2, -0.15) is 5.10 Å². The summed E-state index contributed by atoms with van der Waals surface area (Å²) in [5, 5.41) is 7.32. The normalized spacial score (nSPS) is 11.1. The van der Waals surface area contributed by atoms with Crippen LogP contribution in [0.2, 0.25) is 0 Å². The lowest BCUT2D eigenvalue weighted by Gasteiger charge is -2.07. The van der Waals surface area contributed by atoms with Gasteiger partial charge in [-0.25, -0.2) is 9.50 Å². The Morgan fingerprint density at radius 3 is 2.73 bits per heavy atom. The van der Waals surface area contributed by atoms with E-state index in [1.165, 1.54) is 0 Å². The minimum atomic E-state index is -0.185. The molecule has 3 aromatic rings. The largest absolute Gasteiger partial charge is 0.319 e. The first-order valence-electron chi connectivity index (χ1n) is 6.97. The maximum Gasteiger partial charge on any atom is 0.256 e. The Balaban J connectivity index is 1.97. The Hall–Kier alpha value is -2.21. The lowest BCUT2D eigenvalue weighted by molar-refractivity contribution is 0.102. The van der Waals surface area contributed by atoms with Crippen LogP contribution in [-0.2, 0) is 0 Å². The number of carbonyl (C=O) groups is 1. The third-order valence-electron chi connectivity index (χ3n) is 3.26. The van der Waals surface area contributed by atoms with E-state index >= 15 is 0 Å². The molecule has 0 aliphatic heterocycles. The van der Waals surface area contributed by atoms with Crippen molar-refractivity contribution in [2.45, 2.75) is 19.8 Å². The number of rotatable bonds is 3. The third kappa shape index (κ3) is 2.74. The molecule has 3 rings (SSSR count). The Bertz CT molecular complexity index is 841. The van der Waals surface area contributed by atoms with E-state index in [0.29, 0.717) is 16.9 Å². The van der Waals surface area contributed by atoms with E-state index in [0.717, 1.165) is 10.3 Å². The molecular formula is C16H15BrN4O. The van der Waals surface area contributed by atoms with E-state index in [-0.39, 0.29) is 11.8 Å². The number of hydrogen-bond donors (Lipinski definition) is 1. The van der Waals surface area contributed by atoms with Gasteiger partial charge in [-0.15, -0.1) is 0 Å². The standard InChI is InChI=1S/C16H15BrN4O/c1-10(2)14-19-15-13(8-5-9-21(15)20-14)18-16(22)11-6-3-4-7-12(11)17/h3-10H,1-2H3,(H,18,22). The number of fused-ring (bicyclic) bond motifs is 1. The summed E-state index contributed by atoms with van der Waals surface area (Å²) in [5.74, 6) is 0.795. The van der Waals surface area contributed by atoms with Crippen molar-refractivity contribution in [1.29, 1.82) is 0 Å². The predicted molar refractivity (Wildman–Crippen MR) is 89.2 cm³/mol. The van der Waals surface area contributed by atoms with E-state index < -0.39 is 0 Å². The molecule has 0 unspecified atom stereocenters. The van der Waals surface area contributed by atoms with Gasteiger partial charge in [0.1, 0.15) is 0 Å². The van der Waals surface area contributed by atoms with Crippen LogP contribution in [0.5, 0.6) is 0 Å². The van der Waals surface area contributed by atoms with Crippen molar-refractivity contribution in [1.82, 2.24) is 14.6 Å². The molecule has 0 radical (unpaired) electrons. The van der Waals surface area contributed by atoms with Crippen LogP contribution in [0.4, 0.5) is 5.69 Å². The molecule has 22 heavy (non-hydrogen) atoms. The van der Waals surface area contributed by atoms with Gasteiger partial charge in [-0.05, 0) is 40.2 Å². The quantitative estimate of drug-likeness (QED) is 0.772. The second kappa shape index (κ2) is 5.88. The maximum absolute atomic E-state index is 12.4. The molecule has 0 bridgehead atoms. The summed E-state index contributed by atoms with van der Waals surface area (Å²) in [7, 11) is 0. The number of hydrogen-bond acceptors (Lipinski definition) is 3. The second-order valence-electron chi connectivity index (χ2n) is 5.25. The molecule has 0 saturated carbocycles. The first-order chi connectivity index (χ1) is 10.6. The zero-order chi connectivity index (χ0) is 15.7. The zero-order valence-electron chi connectivity index (χ0n) is 12.2. The molecule has 0 aliphatic rings. The number of aromatic nitrogens is 3. The molecule has 0 spiro atoms. The number of pyridine rings is 1. The van der Waals surface area contributed by atoms with Crippen LogP contribution in [0.1, 0.15) is 35.9 Å². The highest BCUT2D eigenvalue weighted by molar-refractivity contribution is 9.10. The molecule has 0 aliphatic carbocycles. The number of amides is 1. The van der Waals surface area contributed by atoms with Crippen molar-refractivity contribution < 1.29 is 4.79 Å². The van der Waals surface area contributed by atoms with Gasteiger partial charge in [0.15, 0.2) is 11.5 Å². The number of carbonyl (C=O) groups excluding carboxylic acids is 1. The van der Waals surface area contributed by atoms with E-state index in [1.807, 2.05) is 50.4 Å². The molecule has 1 amide bonds. The fraction of sp³-hybridized carbons (Fsp3) is 0.188. The summed E-state index contributed by atoms with van der Waals surface area (Å²) in [4.78, 5) is 16.9. The lowest BCUT2D eigenvalue weighted by Crippen LogP contribution is -2.13. The fourth-order valence-electron chi connectivity index (χ4n) is 2.10. The average molecular weight is 359 g/mol. The summed E-state index contributed by atoms with van der Waals surface area (Å²) < 4.78 is 2.44. The van der Waals surface area contributed by atoms with Gasteiger partial charge in [0, 0.05) is 16.6 Å². The molecular weight excluding hydrogens is 344 g/mol. The van der Waals surface area contributed by atoms with Crippen molar-refractivity contribution in [3.8, 4) is 0 Å². The molecule has 5 nitrogen and oxygen atoms in total. The summed E-state index contributed by atoms with van der Waals surface area (Å²) in [6, 6.07) is 11.0. The minimum absolute atomic E-state index is 0.185. The molecule has 1 N–H and O–H groups in total. The number of halogens is 1. The van der Waals surface area contributed by atoms with Crippen LogP contribution >= 0.6 is 15.9 Å². The maximum atomic E-state index is 12.4. The van der Waals surface area contributed by atoms with Gasteiger partial charge in [0.25, 0.3) is 5.91 Å². The monoisotopic (exact) mass is 358 g/mol. The number of benzene rings is 1. The average Bonchev–Trinajstić information content (AvgIpc) is 2.93. The molecule has 2 aromatic heterocycles. The Morgan fingerprint density at radius 2 is 2.00 bits per heavy atom. The van der Waals surface area contributed by atoms with Crippen molar-refractivity contribution in [2.75, 3.05) is 5.32 Å². The van der Waals surface area contributed by atoms with Gasteiger partial charge in [0.05, 0.1) is 11.3 Å². The topological polar surface area (TPSA) is 59.3 Å². The van der Waals surface area contributed by atoms with Gasteiger partial charge in [-0.1, -0.05) is 26.0 Å². The van der Waals surface area contributed by atoms with Crippen LogP contribution in [-0.4, -0.2) is 20.5 Å². The van der Waals surface area contributed by atoms with Crippen molar-refractivity contribution in [3.05, 3.63) is 58.5 Å². The van der Waals surface area contributed by atoms with Crippen molar-refractivity contribution >= 4 is 33.2 Å². The number of nitrogens with one attached hydrogen (secondary N) is 1. The predicted octanol–water partition coefficient (Wildman–Crippen LogP) is 3.87. The van der Waals surface area contributed by atoms with Crippen molar-refractivity contribution in [3.63, 3.8) is 0 Å². The highest BCUT2D eigenvalue weighted by Crippen LogP contribution is 2.21. The van der Waals surface area contributed by atoms with Crippen LogP contribution < -0.4 is 5.32 Å². The zero-order valence-corrected chi connectivity index (χ0v) is 13.8. The Labute approximate surface area is 136 Å². The van der Waals surface area contributed by atoms with Crippen LogP contribution in [0.3, 0.4) is 0 Å². The first kappa shape index (κ1) is 14.7. The SMILES string of the molecule is CC(C)c1nc2c(NC(=O)c3ccccc3Br)cccn2n1. The Kier molecular flexibility index (Phi) is 3.94. The number of anilines is 1.